The number of amides is 1. The van der Waals surface area contributed by atoms with Crippen LogP contribution in [0.5, 0.6) is 0 Å². The van der Waals surface area contributed by atoms with E-state index in [9.17, 15) is 14.9 Å². The number of hydrogen-bond acceptors (Lipinski definition) is 7. The lowest BCUT2D eigenvalue weighted by Crippen LogP contribution is -2.21. The third kappa shape index (κ3) is 3.27. The largest absolute Gasteiger partial charge is 0.324 e. The lowest BCUT2D eigenvalue weighted by Gasteiger charge is -2.11. The minimum atomic E-state index is -0.494. The van der Waals surface area contributed by atoms with Gasteiger partial charge in [0.15, 0.2) is 0 Å². The Balaban J connectivity index is 1.80. The van der Waals surface area contributed by atoms with Crippen molar-refractivity contribution in [3.05, 3.63) is 51.6 Å². The summed E-state index contributed by atoms with van der Waals surface area (Å²) in [7, 11) is 0. The molecule has 1 amide bonds. The van der Waals surface area contributed by atoms with Crippen molar-refractivity contribution in [1.82, 2.24) is 30.0 Å². The minimum Gasteiger partial charge on any atom is -0.324 e. The van der Waals surface area contributed by atoms with Crippen molar-refractivity contribution in [2.45, 2.75) is 27.3 Å². The first-order valence-corrected chi connectivity index (χ1v) is 7.69. The van der Waals surface area contributed by atoms with Crippen LogP contribution in [0.15, 0.2) is 24.5 Å². The monoisotopic (exact) mass is 356 g/mol. The van der Waals surface area contributed by atoms with Gasteiger partial charge in [0.2, 0.25) is 5.91 Å². The van der Waals surface area contributed by atoms with Gasteiger partial charge >= 0.3 is 5.69 Å². The van der Waals surface area contributed by atoms with E-state index in [-0.39, 0.29) is 23.8 Å². The standard InChI is InChI=1S/C15H16N8O3/c1-9-4-5-12(22-8-16-19-20-22)6-13(9)17-14(24)7-21-11(3)15(23(25)26)10(2)18-21/h4-6,8H,7H2,1-3H3,(H,17,24). The van der Waals surface area contributed by atoms with Crippen molar-refractivity contribution in [2.75, 3.05) is 5.32 Å². The highest BCUT2D eigenvalue weighted by Crippen LogP contribution is 2.22. The van der Waals surface area contributed by atoms with E-state index in [0.717, 1.165) is 5.56 Å². The van der Waals surface area contributed by atoms with Crippen LogP contribution in [0.1, 0.15) is 17.0 Å². The van der Waals surface area contributed by atoms with Crippen LogP contribution in [-0.4, -0.2) is 40.8 Å². The number of benzene rings is 1. The third-order valence-electron chi connectivity index (χ3n) is 3.93. The van der Waals surface area contributed by atoms with Crippen LogP contribution in [0.3, 0.4) is 0 Å². The summed E-state index contributed by atoms with van der Waals surface area (Å²) in [4.78, 5) is 23.0. The number of nitro groups is 1. The molecule has 0 unspecified atom stereocenters. The molecule has 0 fully saturated rings. The van der Waals surface area contributed by atoms with E-state index in [1.54, 1.807) is 19.9 Å². The Morgan fingerprint density at radius 2 is 2.08 bits per heavy atom. The zero-order chi connectivity index (χ0) is 18.8. The minimum absolute atomic E-state index is 0.0744. The van der Waals surface area contributed by atoms with E-state index in [4.69, 9.17) is 0 Å². The lowest BCUT2D eigenvalue weighted by atomic mass is 10.2. The molecule has 0 atom stereocenters. The predicted molar refractivity (Wildman–Crippen MR) is 90.9 cm³/mol. The fraction of sp³-hybridized carbons (Fsp3) is 0.267. The number of nitrogens with one attached hydrogen (secondary N) is 1. The molecule has 0 aliphatic heterocycles. The van der Waals surface area contributed by atoms with Crippen LogP contribution in [-0.2, 0) is 11.3 Å². The second kappa shape index (κ2) is 6.70. The molecular weight excluding hydrogens is 340 g/mol. The molecule has 0 saturated heterocycles. The fourth-order valence-corrected chi connectivity index (χ4v) is 2.60. The molecule has 11 nitrogen and oxygen atoms in total. The van der Waals surface area contributed by atoms with Crippen LogP contribution >= 0.6 is 0 Å². The number of nitrogens with zero attached hydrogens (tertiary/aromatic N) is 7. The van der Waals surface area contributed by atoms with Gasteiger partial charge in [-0.05, 0) is 48.9 Å². The van der Waals surface area contributed by atoms with Crippen LogP contribution in [0.2, 0.25) is 0 Å². The van der Waals surface area contributed by atoms with Gasteiger partial charge in [-0.25, -0.2) is 4.68 Å². The molecule has 0 bridgehead atoms. The number of aryl methyl sites for hydroxylation is 2. The molecule has 26 heavy (non-hydrogen) atoms. The first-order valence-electron chi connectivity index (χ1n) is 7.69. The molecule has 1 aromatic carbocycles. The molecule has 0 aliphatic carbocycles. The molecule has 3 aromatic rings. The Labute approximate surface area is 147 Å². The average Bonchev–Trinajstić information content (AvgIpc) is 3.18. The summed E-state index contributed by atoms with van der Waals surface area (Å²) >= 11 is 0. The van der Waals surface area contributed by atoms with Crippen LogP contribution < -0.4 is 5.32 Å². The summed E-state index contributed by atoms with van der Waals surface area (Å²) < 4.78 is 2.79. The molecule has 0 saturated carbocycles. The number of hydrogen-bond donors (Lipinski definition) is 1. The van der Waals surface area contributed by atoms with Crippen molar-refractivity contribution < 1.29 is 9.72 Å². The maximum absolute atomic E-state index is 12.4. The first kappa shape index (κ1) is 17.2. The summed E-state index contributed by atoms with van der Waals surface area (Å²) in [6.07, 6.45) is 1.45. The maximum Gasteiger partial charge on any atom is 0.312 e. The number of aromatic nitrogens is 6. The Bertz CT molecular complexity index is 977. The second-order valence-corrected chi connectivity index (χ2v) is 5.74. The van der Waals surface area contributed by atoms with Crippen LogP contribution in [0.4, 0.5) is 11.4 Å². The summed E-state index contributed by atoms with van der Waals surface area (Å²) in [5.41, 5.74) is 2.68. The smallest absolute Gasteiger partial charge is 0.312 e. The van der Waals surface area contributed by atoms with E-state index in [0.29, 0.717) is 17.1 Å². The van der Waals surface area contributed by atoms with Gasteiger partial charge < -0.3 is 5.32 Å². The molecule has 3 rings (SSSR count). The molecule has 0 aliphatic rings. The second-order valence-electron chi connectivity index (χ2n) is 5.74. The van der Waals surface area contributed by atoms with Gasteiger partial charge in [-0.2, -0.15) is 5.10 Å². The highest BCUT2D eigenvalue weighted by atomic mass is 16.6. The topological polar surface area (TPSA) is 134 Å². The zero-order valence-corrected chi connectivity index (χ0v) is 14.4. The summed E-state index contributed by atoms with van der Waals surface area (Å²) in [5.74, 6) is -0.345. The van der Waals surface area contributed by atoms with E-state index in [1.807, 2.05) is 19.1 Å². The van der Waals surface area contributed by atoms with Crippen LogP contribution in [0.25, 0.3) is 5.69 Å². The van der Waals surface area contributed by atoms with E-state index in [1.165, 1.54) is 15.7 Å². The number of carbonyl (C=O) groups excluding carboxylic acids is 1. The fourth-order valence-electron chi connectivity index (χ4n) is 2.60. The quantitative estimate of drug-likeness (QED) is 0.538. The zero-order valence-electron chi connectivity index (χ0n) is 14.4. The summed E-state index contributed by atoms with van der Waals surface area (Å²) in [6.45, 7) is 4.83. The van der Waals surface area contributed by atoms with Crippen LogP contribution in [0, 0.1) is 30.9 Å². The lowest BCUT2D eigenvalue weighted by molar-refractivity contribution is -0.386. The summed E-state index contributed by atoms with van der Waals surface area (Å²) in [5, 5.41) is 28.9. The number of carbonyl (C=O) groups is 1. The molecule has 0 radical (unpaired) electrons. The molecule has 11 heteroatoms. The van der Waals surface area contributed by atoms with E-state index >= 15 is 0 Å². The summed E-state index contributed by atoms with van der Waals surface area (Å²) in [6, 6.07) is 5.40. The van der Waals surface area contributed by atoms with Gasteiger partial charge in [0, 0.05) is 5.69 Å². The van der Waals surface area contributed by atoms with Crippen molar-refractivity contribution in [3.8, 4) is 5.69 Å². The van der Waals surface area contributed by atoms with Crippen molar-refractivity contribution in [3.63, 3.8) is 0 Å². The van der Waals surface area contributed by atoms with Crippen molar-refractivity contribution >= 4 is 17.3 Å². The van der Waals surface area contributed by atoms with Gasteiger partial charge in [0.25, 0.3) is 0 Å². The average molecular weight is 356 g/mol. The van der Waals surface area contributed by atoms with Gasteiger partial charge in [0.1, 0.15) is 24.3 Å². The molecule has 2 aromatic heterocycles. The Morgan fingerprint density at radius 1 is 1.31 bits per heavy atom. The van der Waals surface area contributed by atoms with Crippen molar-refractivity contribution in [1.29, 1.82) is 0 Å². The van der Waals surface area contributed by atoms with E-state index < -0.39 is 4.92 Å². The predicted octanol–water partition coefficient (Wildman–Crippen LogP) is 1.33. The van der Waals surface area contributed by atoms with E-state index in [2.05, 4.69) is 25.9 Å². The van der Waals surface area contributed by atoms with Gasteiger partial charge in [-0.3, -0.25) is 19.6 Å². The number of anilines is 1. The first-order chi connectivity index (χ1) is 12.4. The van der Waals surface area contributed by atoms with Gasteiger partial charge in [0.05, 0.1) is 10.6 Å². The number of rotatable bonds is 5. The molecule has 1 N–H and O–H groups in total. The molecule has 134 valence electrons. The van der Waals surface area contributed by atoms with Crippen molar-refractivity contribution in [2.24, 2.45) is 0 Å². The molecule has 2 heterocycles. The SMILES string of the molecule is Cc1ccc(-n2cnnn2)cc1NC(=O)Cn1nc(C)c([N+](=O)[O-])c1C. The Hall–Kier alpha value is -3.63. The molecule has 0 spiro atoms. The van der Waals surface area contributed by atoms with Gasteiger partial charge in [-0.15, -0.1) is 5.10 Å². The Morgan fingerprint density at radius 3 is 2.69 bits per heavy atom. The normalized spacial score (nSPS) is 10.7. The number of tetrazole rings is 1. The molecular formula is C15H16N8O3. The van der Waals surface area contributed by atoms with Gasteiger partial charge in [-0.1, -0.05) is 6.07 Å². The highest BCUT2D eigenvalue weighted by Gasteiger charge is 2.22. The third-order valence-corrected chi connectivity index (χ3v) is 3.93. The highest BCUT2D eigenvalue weighted by molar-refractivity contribution is 5.91. The Kier molecular flexibility index (Phi) is 4.43. The maximum atomic E-state index is 12.4.